The second-order valence-corrected chi connectivity index (χ2v) is 5.61. The Morgan fingerprint density at radius 2 is 1.50 bits per heavy atom. The van der Waals surface area contributed by atoms with E-state index in [4.69, 9.17) is 0 Å². The summed E-state index contributed by atoms with van der Waals surface area (Å²) in [5.41, 5.74) is 0.532. The lowest BCUT2D eigenvalue weighted by atomic mass is 9.67. The third-order valence-electron chi connectivity index (χ3n) is 3.77. The number of hydrogen-bond donors (Lipinski definition) is 0. The maximum atomic E-state index is 2.65. The fourth-order valence-electron chi connectivity index (χ4n) is 2.95. The van der Waals surface area contributed by atoms with Crippen LogP contribution >= 0.6 is 0 Å². The lowest BCUT2D eigenvalue weighted by molar-refractivity contribution is -0.00555. The van der Waals surface area contributed by atoms with Crippen molar-refractivity contribution >= 4 is 0 Å². The number of piperidine rings is 3. The standard InChI is InChI=1S/C11H21N.C2H6/c1-11(2,3)10-8-12-6-4-9(10)5-7-12;1-2/h9-10H,4-8H2,1-3H3;1-2H3. The smallest absolute Gasteiger partial charge is 0.00173 e. The molecule has 3 rings (SSSR count). The molecule has 3 heterocycles. The lowest BCUT2D eigenvalue weighted by Gasteiger charge is -2.50. The fraction of sp³-hybridized carbons (Fsp3) is 1.00. The van der Waals surface area contributed by atoms with Crippen LogP contribution in [0.3, 0.4) is 0 Å². The van der Waals surface area contributed by atoms with Crippen molar-refractivity contribution in [2.24, 2.45) is 17.3 Å². The Bertz CT molecular complexity index is 161. The maximum Gasteiger partial charge on any atom is 0.00173 e. The van der Waals surface area contributed by atoms with Crippen LogP contribution in [0.25, 0.3) is 0 Å². The quantitative estimate of drug-likeness (QED) is 0.575. The van der Waals surface area contributed by atoms with Gasteiger partial charge in [0.15, 0.2) is 0 Å². The van der Waals surface area contributed by atoms with E-state index in [1.54, 1.807) is 0 Å². The van der Waals surface area contributed by atoms with E-state index in [9.17, 15) is 0 Å². The third kappa shape index (κ3) is 2.50. The maximum absolute atomic E-state index is 2.65. The predicted octanol–water partition coefficient (Wildman–Crippen LogP) is 3.40. The molecule has 3 saturated heterocycles. The molecule has 84 valence electrons. The molecular weight excluding hydrogens is 170 g/mol. The molecule has 1 unspecified atom stereocenters. The molecule has 0 spiro atoms. The minimum absolute atomic E-state index is 0.532. The van der Waals surface area contributed by atoms with Gasteiger partial charge in [0.1, 0.15) is 0 Å². The summed E-state index contributed by atoms with van der Waals surface area (Å²) in [6.07, 6.45) is 2.92. The average Bonchev–Trinajstić information content (AvgIpc) is 2.21. The first-order valence-corrected chi connectivity index (χ1v) is 6.30. The minimum Gasteiger partial charge on any atom is -0.303 e. The largest absolute Gasteiger partial charge is 0.303 e. The SMILES string of the molecule is CC.CC(C)(C)C1CN2CCC1CC2. The Morgan fingerprint density at radius 1 is 1.00 bits per heavy atom. The van der Waals surface area contributed by atoms with Gasteiger partial charge in [0, 0.05) is 6.54 Å². The average molecular weight is 197 g/mol. The Morgan fingerprint density at radius 3 is 1.71 bits per heavy atom. The van der Waals surface area contributed by atoms with Crippen LogP contribution in [-0.2, 0) is 0 Å². The topological polar surface area (TPSA) is 3.24 Å². The van der Waals surface area contributed by atoms with Crippen molar-refractivity contribution in [2.75, 3.05) is 19.6 Å². The van der Waals surface area contributed by atoms with E-state index in [0.717, 1.165) is 11.8 Å². The summed E-state index contributed by atoms with van der Waals surface area (Å²) in [6.45, 7) is 15.3. The molecule has 3 aliphatic heterocycles. The zero-order valence-corrected chi connectivity index (χ0v) is 10.6. The summed E-state index contributed by atoms with van der Waals surface area (Å²) in [7, 11) is 0. The third-order valence-corrected chi connectivity index (χ3v) is 3.77. The van der Waals surface area contributed by atoms with Gasteiger partial charge >= 0.3 is 0 Å². The van der Waals surface area contributed by atoms with E-state index in [-0.39, 0.29) is 0 Å². The van der Waals surface area contributed by atoms with Gasteiger partial charge in [0.05, 0.1) is 0 Å². The van der Waals surface area contributed by atoms with Crippen LogP contribution in [0.2, 0.25) is 0 Å². The van der Waals surface area contributed by atoms with Gasteiger partial charge in [0.25, 0.3) is 0 Å². The van der Waals surface area contributed by atoms with E-state index in [1.165, 1.54) is 32.5 Å². The van der Waals surface area contributed by atoms with Gasteiger partial charge in [-0.1, -0.05) is 34.6 Å². The number of fused-ring (bicyclic) bond motifs is 3. The Hall–Kier alpha value is -0.0400. The van der Waals surface area contributed by atoms with Crippen LogP contribution in [0, 0.1) is 17.3 Å². The first-order valence-electron chi connectivity index (χ1n) is 6.30. The van der Waals surface area contributed by atoms with Crippen molar-refractivity contribution in [3.63, 3.8) is 0 Å². The first kappa shape index (κ1) is 12.0. The van der Waals surface area contributed by atoms with Gasteiger partial charge < -0.3 is 4.90 Å². The van der Waals surface area contributed by atoms with Crippen LogP contribution in [0.15, 0.2) is 0 Å². The summed E-state index contributed by atoms with van der Waals surface area (Å²) < 4.78 is 0. The van der Waals surface area contributed by atoms with Crippen molar-refractivity contribution in [1.29, 1.82) is 0 Å². The fourth-order valence-corrected chi connectivity index (χ4v) is 2.95. The van der Waals surface area contributed by atoms with Crippen molar-refractivity contribution in [3.8, 4) is 0 Å². The van der Waals surface area contributed by atoms with E-state index >= 15 is 0 Å². The molecule has 0 aliphatic carbocycles. The zero-order chi connectivity index (χ0) is 10.8. The summed E-state index contributed by atoms with van der Waals surface area (Å²) in [5, 5.41) is 0. The molecule has 1 nitrogen and oxygen atoms in total. The van der Waals surface area contributed by atoms with Crippen molar-refractivity contribution in [1.82, 2.24) is 4.90 Å². The Kier molecular flexibility index (Phi) is 4.00. The van der Waals surface area contributed by atoms with E-state index in [0.29, 0.717) is 5.41 Å². The summed E-state index contributed by atoms with van der Waals surface area (Å²) in [5.74, 6) is 2.00. The van der Waals surface area contributed by atoms with E-state index in [1.807, 2.05) is 13.8 Å². The normalized spacial score (nSPS) is 36.2. The highest BCUT2D eigenvalue weighted by molar-refractivity contribution is 4.91. The molecule has 2 bridgehead atoms. The van der Waals surface area contributed by atoms with Crippen molar-refractivity contribution in [2.45, 2.75) is 47.5 Å². The number of hydrogen-bond acceptors (Lipinski definition) is 1. The highest BCUT2D eigenvalue weighted by atomic mass is 15.1. The molecule has 0 radical (unpaired) electrons. The summed E-state index contributed by atoms with van der Waals surface area (Å²) >= 11 is 0. The Labute approximate surface area is 89.9 Å². The minimum atomic E-state index is 0.532. The van der Waals surface area contributed by atoms with Crippen LogP contribution in [0.1, 0.15) is 47.5 Å². The van der Waals surface area contributed by atoms with Crippen LogP contribution in [-0.4, -0.2) is 24.5 Å². The molecular formula is C13H27N. The summed E-state index contributed by atoms with van der Waals surface area (Å²) in [6, 6.07) is 0. The van der Waals surface area contributed by atoms with E-state index < -0.39 is 0 Å². The monoisotopic (exact) mass is 197 g/mol. The zero-order valence-electron chi connectivity index (χ0n) is 10.6. The van der Waals surface area contributed by atoms with Gasteiger partial charge in [0.2, 0.25) is 0 Å². The second-order valence-electron chi connectivity index (χ2n) is 5.61. The van der Waals surface area contributed by atoms with Gasteiger partial charge in [-0.05, 0) is 43.2 Å². The highest BCUT2D eigenvalue weighted by Gasteiger charge is 2.39. The van der Waals surface area contributed by atoms with Crippen molar-refractivity contribution < 1.29 is 0 Å². The first-order chi connectivity index (χ1) is 6.57. The molecule has 3 aliphatic rings. The molecule has 0 N–H and O–H groups in total. The molecule has 1 heteroatoms. The van der Waals surface area contributed by atoms with Crippen LogP contribution in [0.4, 0.5) is 0 Å². The van der Waals surface area contributed by atoms with Gasteiger partial charge in [-0.25, -0.2) is 0 Å². The van der Waals surface area contributed by atoms with Crippen LogP contribution < -0.4 is 0 Å². The molecule has 3 fully saturated rings. The number of rotatable bonds is 0. The van der Waals surface area contributed by atoms with Gasteiger partial charge in [-0.15, -0.1) is 0 Å². The summed E-state index contributed by atoms with van der Waals surface area (Å²) in [4.78, 5) is 2.65. The highest BCUT2D eigenvalue weighted by Crippen LogP contribution is 2.42. The molecule has 0 saturated carbocycles. The Balaban J connectivity index is 0.000000461. The van der Waals surface area contributed by atoms with Gasteiger partial charge in [-0.3, -0.25) is 0 Å². The van der Waals surface area contributed by atoms with E-state index in [2.05, 4.69) is 25.7 Å². The molecule has 0 aromatic carbocycles. The molecule has 0 amide bonds. The van der Waals surface area contributed by atoms with Crippen molar-refractivity contribution in [3.05, 3.63) is 0 Å². The van der Waals surface area contributed by atoms with Crippen LogP contribution in [0.5, 0.6) is 0 Å². The second kappa shape index (κ2) is 4.65. The molecule has 14 heavy (non-hydrogen) atoms. The predicted molar refractivity (Wildman–Crippen MR) is 63.5 cm³/mol. The molecule has 0 aromatic rings. The molecule has 1 atom stereocenters. The molecule has 0 aromatic heterocycles. The lowest BCUT2D eigenvalue weighted by Crippen LogP contribution is -2.51. The van der Waals surface area contributed by atoms with Gasteiger partial charge in [-0.2, -0.15) is 0 Å². The number of nitrogens with zero attached hydrogens (tertiary/aromatic N) is 1.